The normalized spacial score (nSPS) is 10.4. The molecule has 0 saturated heterocycles. The summed E-state index contributed by atoms with van der Waals surface area (Å²) < 4.78 is 1.70. The number of benzene rings is 1. The van der Waals surface area contributed by atoms with E-state index < -0.39 is 5.97 Å². The fourth-order valence-corrected chi connectivity index (χ4v) is 1.99. The van der Waals surface area contributed by atoms with Crippen molar-refractivity contribution >= 4 is 5.97 Å². The first-order chi connectivity index (χ1) is 9.75. The van der Waals surface area contributed by atoms with Gasteiger partial charge >= 0.3 is 5.97 Å². The van der Waals surface area contributed by atoms with Gasteiger partial charge in [-0.15, -0.1) is 0 Å². The van der Waals surface area contributed by atoms with Crippen molar-refractivity contribution in [2.45, 2.75) is 0 Å². The summed E-state index contributed by atoms with van der Waals surface area (Å²) in [4.78, 5) is 15.2. The highest BCUT2D eigenvalue weighted by molar-refractivity contribution is 5.95. The summed E-state index contributed by atoms with van der Waals surface area (Å²) in [5.41, 5.74) is 2.41. The SMILES string of the molecule is O=C(O)c1ccncc1-c1cnn(-c2ccccc2)c1. The van der Waals surface area contributed by atoms with Crippen molar-refractivity contribution < 1.29 is 9.90 Å². The van der Waals surface area contributed by atoms with Crippen molar-refractivity contribution in [1.82, 2.24) is 14.8 Å². The van der Waals surface area contributed by atoms with Crippen LogP contribution in [0, 0.1) is 0 Å². The second-order valence-corrected chi connectivity index (χ2v) is 4.24. The maximum atomic E-state index is 11.2. The van der Waals surface area contributed by atoms with Gasteiger partial charge in [-0.1, -0.05) is 18.2 Å². The molecule has 2 heterocycles. The lowest BCUT2D eigenvalue weighted by Gasteiger charge is -2.02. The van der Waals surface area contributed by atoms with E-state index in [-0.39, 0.29) is 5.56 Å². The summed E-state index contributed by atoms with van der Waals surface area (Å²) in [6, 6.07) is 11.1. The molecule has 2 aromatic heterocycles. The van der Waals surface area contributed by atoms with E-state index in [0.717, 1.165) is 11.3 Å². The van der Waals surface area contributed by atoms with Crippen molar-refractivity contribution in [2.24, 2.45) is 0 Å². The molecule has 0 radical (unpaired) electrons. The lowest BCUT2D eigenvalue weighted by Crippen LogP contribution is -1.99. The Morgan fingerprint density at radius 3 is 2.65 bits per heavy atom. The van der Waals surface area contributed by atoms with Crippen molar-refractivity contribution in [2.75, 3.05) is 0 Å². The number of aromatic carboxylic acids is 1. The van der Waals surface area contributed by atoms with Crippen LogP contribution in [0.1, 0.15) is 10.4 Å². The molecular formula is C15H11N3O2. The predicted molar refractivity (Wildman–Crippen MR) is 73.8 cm³/mol. The van der Waals surface area contributed by atoms with Gasteiger partial charge in [0, 0.05) is 29.7 Å². The molecule has 0 aliphatic rings. The van der Waals surface area contributed by atoms with Gasteiger partial charge in [0.1, 0.15) is 0 Å². The van der Waals surface area contributed by atoms with E-state index in [1.54, 1.807) is 17.1 Å². The number of carboxylic acids is 1. The van der Waals surface area contributed by atoms with E-state index in [4.69, 9.17) is 0 Å². The Morgan fingerprint density at radius 1 is 1.10 bits per heavy atom. The molecule has 5 heteroatoms. The molecule has 0 unspecified atom stereocenters. The van der Waals surface area contributed by atoms with Crippen LogP contribution in [-0.2, 0) is 0 Å². The summed E-state index contributed by atoms with van der Waals surface area (Å²) >= 11 is 0. The highest BCUT2D eigenvalue weighted by Crippen LogP contribution is 2.23. The molecule has 0 fully saturated rings. The van der Waals surface area contributed by atoms with Gasteiger partial charge in [0.25, 0.3) is 0 Å². The molecule has 98 valence electrons. The topological polar surface area (TPSA) is 68.0 Å². The van der Waals surface area contributed by atoms with Crippen LogP contribution in [0.4, 0.5) is 0 Å². The molecule has 0 bridgehead atoms. The minimum absolute atomic E-state index is 0.215. The third kappa shape index (κ3) is 2.16. The van der Waals surface area contributed by atoms with Gasteiger partial charge in [0.15, 0.2) is 0 Å². The molecule has 20 heavy (non-hydrogen) atoms. The van der Waals surface area contributed by atoms with E-state index >= 15 is 0 Å². The Balaban J connectivity index is 2.05. The first-order valence-electron chi connectivity index (χ1n) is 6.03. The molecule has 0 spiro atoms. The summed E-state index contributed by atoms with van der Waals surface area (Å²) in [6.45, 7) is 0. The fourth-order valence-electron chi connectivity index (χ4n) is 1.99. The Bertz CT molecular complexity index is 751. The Morgan fingerprint density at radius 2 is 1.90 bits per heavy atom. The zero-order chi connectivity index (χ0) is 13.9. The average Bonchev–Trinajstić information content (AvgIpc) is 2.98. The quantitative estimate of drug-likeness (QED) is 0.790. The van der Waals surface area contributed by atoms with Crippen LogP contribution in [0.3, 0.4) is 0 Å². The average molecular weight is 265 g/mol. The molecule has 3 rings (SSSR count). The molecule has 5 nitrogen and oxygen atoms in total. The zero-order valence-electron chi connectivity index (χ0n) is 10.5. The molecule has 1 N–H and O–H groups in total. The molecule has 3 aromatic rings. The number of carboxylic acid groups (broad SMARTS) is 1. The summed E-state index contributed by atoms with van der Waals surface area (Å²) in [5, 5.41) is 13.5. The first-order valence-corrected chi connectivity index (χ1v) is 6.03. The zero-order valence-corrected chi connectivity index (χ0v) is 10.5. The molecule has 0 saturated carbocycles. The Kier molecular flexibility index (Phi) is 3.01. The second-order valence-electron chi connectivity index (χ2n) is 4.24. The van der Waals surface area contributed by atoms with Crippen LogP contribution in [0.5, 0.6) is 0 Å². The third-order valence-electron chi connectivity index (χ3n) is 2.97. The predicted octanol–water partition coefficient (Wildman–Crippen LogP) is 2.63. The lowest BCUT2D eigenvalue weighted by atomic mass is 10.1. The minimum Gasteiger partial charge on any atom is -0.478 e. The van der Waals surface area contributed by atoms with Crippen molar-refractivity contribution in [1.29, 1.82) is 0 Å². The monoisotopic (exact) mass is 265 g/mol. The highest BCUT2D eigenvalue weighted by atomic mass is 16.4. The Labute approximate surface area is 115 Å². The summed E-state index contributed by atoms with van der Waals surface area (Å²) in [5.74, 6) is -0.977. The number of hydrogen-bond acceptors (Lipinski definition) is 3. The molecular weight excluding hydrogens is 254 g/mol. The van der Waals surface area contributed by atoms with E-state index in [1.165, 1.54) is 18.5 Å². The van der Waals surface area contributed by atoms with Crippen molar-refractivity contribution in [3.8, 4) is 16.8 Å². The number of hydrogen-bond donors (Lipinski definition) is 1. The molecule has 0 amide bonds. The number of nitrogens with zero attached hydrogens (tertiary/aromatic N) is 3. The van der Waals surface area contributed by atoms with Crippen molar-refractivity contribution in [3.05, 3.63) is 66.7 Å². The molecule has 0 aliphatic heterocycles. The maximum Gasteiger partial charge on any atom is 0.336 e. The number of pyridine rings is 1. The van der Waals surface area contributed by atoms with E-state index in [0.29, 0.717) is 5.56 Å². The third-order valence-corrected chi connectivity index (χ3v) is 2.97. The molecule has 0 atom stereocenters. The van der Waals surface area contributed by atoms with E-state index in [9.17, 15) is 9.90 Å². The van der Waals surface area contributed by atoms with Crippen LogP contribution in [0.25, 0.3) is 16.8 Å². The van der Waals surface area contributed by atoms with Crippen LogP contribution < -0.4 is 0 Å². The smallest absolute Gasteiger partial charge is 0.336 e. The second kappa shape index (κ2) is 4.97. The van der Waals surface area contributed by atoms with Gasteiger partial charge in [-0.3, -0.25) is 4.98 Å². The Hall–Kier alpha value is -2.95. The van der Waals surface area contributed by atoms with Gasteiger partial charge in [-0.05, 0) is 18.2 Å². The molecule has 1 aromatic carbocycles. The van der Waals surface area contributed by atoms with Crippen LogP contribution in [-0.4, -0.2) is 25.8 Å². The fraction of sp³-hybridized carbons (Fsp3) is 0. The van der Waals surface area contributed by atoms with Crippen LogP contribution in [0.2, 0.25) is 0 Å². The van der Waals surface area contributed by atoms with Gasteiger partial charge in [0.05, 0.1) is 17.4 Å². The lowest BCUT2D eigenvalue weighted by molar-refractivity contribution is 0.0697. The number of para-hydroxylation sites is 1. The first kappa shape index (κ1) is 12.1. The van der Waals surface area contributed by atoms with Gasteiger partial charge in [0.2, 0.25) is 0 Å². The maximum absolute atomic E-state index is 11.2. The van der Waals surface area contributed by atoms with Gasteiger partial charge in [-0.25, -0.2) is 9.48 Å². The minimum atomic E-state index is -0.977. The van der Waals surface area contributed by atoms with E-state index in [1.807, 2.05) is 30.3 Å². The van der Waals surface area contributed by atoms with E-state index in [2.05, 4.69) is 10.1 Å². The van der Waals surface area contributed by atoms with Crippen molar-refractivity contribution in [3.63, 3.8) is 0 Å². The standard InChI is InChI=1S/C15H11N3O2/c19-15(20)13-6-7-16-9-14(13)11-8-17-18(10-11)12-4-2-1-3-5-12/h1-10H,(H,19,20). The number of aromatic nitrogens is 3. The summed E-state index contributed by atoms with van der Waals surface area (Å²) in [7, 11) is 0. The summed E-state index contributed by atoms with van der Waals surface area (Å²) in [6.07, 6.45) is 6.43. The van der Waals surface area contributed by atoms with Gasteiger partial charge < -0.3 is 5.11 Å². The van der Waals surface area contributed by atoms with Crippen LogP contribution >= 0.6 is 0 Å². The highest BCUT2D eigenvalue weighted by Gasteiger charge is 2.13. The van der Waals surface area contributed by atoms with Gasteiger partial charge in [-0.2, -0.15) is 5.10 Å². The molecule has 0 aliphatic carbocycles. The van der Waals surface area contributed by atoms with Crippen LogP contribution in [0.15, 0.2) is 61.2 Å². The number of rotatable bonds is 3. The number of carbonyl (C=O) groups is 1. The largest absolute Gasteiger partial charge is 0.478 e.